The summed E-state index contributed by atoms with van der Waals surface area (Å²) >= 11 is 0. The summed E-state index contributed by atoms with van der Waals surface area (Å²) in [6, 6.07) is 10.4. The number of rotatable bonds is 5. The largest absolute Gasteiger partial charge is 0.374 e. The van der Waals surface area contributed by atoms with Gasteiger partial charge in [0.1, 0.15) is 12.7 Å². The van der Waals surface area contributed by atoms with Crippen molar-refractivity contribution in [2.24, 2.45) is 0 Å². The van der Waals surface area contributed by atoms with Crippen LogP contribution < -0.4 is 0 Å². The molecule has 2 aromatic rings. The highest BCUT2D eigenvalue weighted by atomic mass is 16.5. The van der Waals surface area contributed by atoms with E-state index in [1.54, 1.807) is 12.7 Å². The summed E-state index contributed by atoms with van der Waals surface area (Å²) in [4.78, 5) is 6.37. The molecule has 2 heterocycles. The lowest BCUT2D eigenvalue weighted by Gasteiger charge is -2.32. The molecule has 0 bridgehead atoms. The average Bonchev–Trinajstić information content (AvgIpc) is 3.02. The van der Waals surface area contributed by atoms with E-state index >= 15 is 0 Å². The number of hydrogen-bond donors (Lipinski definition) is 0. The standard InChI is InChI=1S/C16H20N4O/c1-2-5-15(6-3-1)7-4-8-19-9-10-21-16(11-19)12-20-14-17-13-18-20/h1-7,13-14,16H,8-12H2. The number of hydrogen-bond acceptors (Lipinski definition) is 4. The fraction of sp³-hybridized carbons (Fsp3) is 0.375. The lowest BCUT2D eigenvalue weighted by atomic mass is 10.2. The number of ether oxygens (including phenoxy) is 1. The smallest absolute Gasteiger partial charge is 0.137 e. The number of benzene rings is 1. The summed E-state index contributed by atoms with van der Waals surface area (Å²) in [6.07, 6.45) is 7.86. The molecule has 1 aromatic carbocycles. The van der Waals surface area contributed by atoms with Crippen molar-refractivity contribution in [3.8, 4) is 0 Å². The fourth-order valence-electron chi connectivity index (χ4n) is 2.49. The summed E-state index contributed by atoms with van der Waals surface area (Å²) in [7, 11) is 0. The van der Waals surface area contributed by atoms with E-state index in [9.17, 15) is 0 Å². The molecule has 1 aromatic heterocycles. The molecule has 1 fully saturated rings. The van der Waals surface area contributed by atoms with Crippen molar-refractivity contribution in [2.45, 2.75) is 12.6 Å². The molecule has 0 amide bonds. The second-order valence-electron chi connectivity index (χ2n) is 5.18. The molecule has 1 aliphatic heterocycles. The topological polar surface area (TPSA) is 43.2 Å². The van der Waals surface area contributed by atoms with Crippen molar-refractivity contribution < 1.29 is 4.74 Å². The molecule has 0 N–H and O–H groups in total. The Morgan fingerprint density at radius 3 is 3.00 bits per heavy atom. The third-order valence-electron chi connectivity index (χ3n) is 3.55. The minimum absolute atomic E-state index is 0.186. The summed E-state index contributed by atoms with van der Waals surface area (Å²) in [5.74, 6) is 0. The van der Waals surface area contributed by atoms with Crippen LogP contribution in [0.4, 0.5) is 0 Å². The van der Waals surface area contributed by atoms with E-state index in [2.05, 4.69) is 51.4 Å². The molecular formula is C16H20N4O. The first-order chi connectivity index (χ1) is 10.4. The van der Waals surface area contributed by atoms with E-state index in [-0.39, 0.29) is 6.10 Å². The highest BCUT2D eigenvalue weighted by molar-refractivity contribution is 5.48. The van der Waals surface area contributed by atoms with Gasteiger partial charge in [-0.25, -0.2) is 4.98 Å². The molecule has 1 unspecified atom stereocenters. The maximum Gasteiger partial charge on any atom is 0.137 e. The quantitative estimate of drug-likeness (QED) is 0.838. The van der Waals surface area contributed by atoms with Gasteiger partial charge in [-0.15, -0.1) is 0 Å². The van der Waals surface area contributed by atoms with Crippen molar-refractivity contribution in [1.82, 2.24) is 19.7 Å². The van der Waals surface area contributed by atoms with Gasteiger partial charge in [0, 0.05) is 19.6 Å². The lowest BCUT2D eigenvalue weighted by molar-refractivity contribution is -0.0338. The molecule has 110 valence electrons. The van der Waals surface area contributed by atoms with Crippen LogP contribution in [0.15, 0.2) is 49.1 Å². The Hall–Kier alpha value is -1.98. The molecule has 0 saturated carbocycles. The fourth-order valence-corrected chi connectivity index (χ4v) is 2.49. The summed E-state index contributed by atoms with van der Waals surface area (Å²) in [5.41, 5.74) is 1.24. The predicted molar refractivity (Wildman–Crippen MR) is 81.7 cm³/mol. The van der Waals surface area contributed by atoms with Crippen LogP contribution in [0.3, 0.4) is 0 Å². The molecule has 1 aliphatic rings. The Labute approximate surface area is 124 Å². The van der Waals surface area contributed by atoms with Gasteiger partial charge < -0.3 is 4.74 Å². The first-order valence-electron chi connectivity index (χ1n) is 7.28. The minimum Gasteiger partial charge on any atom is -0.374 e. The summed E-state index contributed by atoms with van der Waals surface area (Å²) in [6.45, 7) is 4.40. The van der Waals surface area contributed by atoms with Crippen molar-refractivity contribution in [1.29, 1.82) is 0 Å². The highest BCUT2D eigenvalue weighted by Crippen LogP contribution is 2.08. The lowest BCUT2D eigenvalue weighted by Crippen LogP contribution is -2.44. The van der Waals surface area contributed by atoms with Gasteiger partial charge in [-0.05, 0) is 5.56 Å². The molecule has 0 aliphatic carbocycles. The number of aromatic nitrogens is 3. The molecule has 3 rings (SSSR count). The highest BCUT2D eigenvalue weighted by Gasteiger charge is 2.20. The molecule has 0 spiro atoms. The predicted octanol–water partition coefficient (Wildman–Crippen LogP) is 1.69. The van der Waals surface area contributed by atoms with Gasteiger partial charge in [-0.1, -0.05) is 42.5 Å². The van der Waals surface area contributed by atoms with E-state index in [1.807, 2.05) is 10.7 Å². The Balaban J connectivity index is 1.48. The monoisotopic (exact) mass is 284 g/mol. The first-order valence-corrected chi connectivity index (χ1v) is 7.28. The van der Waals surface area contributed by atoms with E-state index in [0.29, 0.717) is 0 Å². The van der Waals surface area contributed by atoms with E-state index in [4.69, 9.17) is 4.74 Å². The van der Waals surface area contributed by atoms with E-state index < -0.39 is 0 Å². The van der Waals surface area contributed by atoms with Crippen molar-refractivity contribution in [3.05, 3.63) is 54.6 Å². The molecular weight excluding hydrogens is 264 g/mol. The van der Waals surface area contributed by atoms with Crippen LogP contribution in [0.5, 0.6) is 0 Å². The Bertz CT molecular complexity index is 553. The average molecular weight is 284 g/mol. The zero-order valence-corrected chi connectivity index (χ0v) is 12.0. The van der Waals surface area contributed by atoms with Crippen molar-refractivity contribution in [2.75, 3.05) is 26.2 Å². The van der Waals surface area contributed by atoms with Gasteiger partial charge in [0.05, 0.1) is 19.3 Å². The van der Waals surface area contributed by atoms with Gasteiger partial charge >= 0.3 is 0 Å². The SMILES string of the molecule is C(=Cc1ccccc1)CN1CCOC(Cn2cncn2)C1. The first kappa shape index (κ1) is 14.0. The van der Waals surface area contributed by atoms with Crippen LogP contribution in [0.25, 0.3) is 6.08 Å². The molecule has 5 nitrogen and oxygen atoms in total. The Morgan fingerprint density at radius 1 is 1.29 bits per heavy atom. The van der Waals surface area contributed by atoms with E-state index in [0.717, 1.165) is 32.8 Å². The van der Waals surface area contributed by atoms with Gasteiger partial charge in [0.2, 0.25) is 0 Å². The van der Waals surface area contributed by atoms with Gasteiger partial charge in [-0.2, -0.15) is 5.10 Å². The zero-order chi connectivity index (χ0) is 14.3. The zero-order valence-electron chi connectivity index (χ0n) is 12.0. The number of morpholine rings is 1. The van der Waals surface area contributed by atoms with Crippen molar-refractivity contribution >= 4 is 6.08 Å². The second kappa shape index (κ2) is 7.15. The van der Waals surface area contributed by atoms with Crippen LogP contribution >= 0.6 is 0 Å². The molecule has 1 saturated heterocycles. The third kappa shape index (κ3) is 4.24. The second-order valence-corrected chi connectivity index (χ2v) is 5.18. The van der Waals surface area contributed by atoms with Gasteiger partial charge in [0.15, 0.2) is 0 Å². The van der Waals surface area contributed by atoms with Crippen LogP contribution in [0.2, 0.25) is 0 Å². The van der Waals surface area contributed by atoms with Crippen molar-refractivity contribution in [3.63, 3.8) is 0 Å². The van der Waals surface area contributed by atoms with Crippen LogP contribution in [-0.4, -0.2) is 52.0 Å². The molecule has 0 radical (unpaired) electrons. The Morgan fingerprint density at radius 2 is 2.19 bits per heavy atom. The van der Waals surface area contributed by atoms with Crippen LogP contribution in [0, 0.1) is 0 Å². The minimum atomic E-state index is 0.186. The van der Waals surface area contributed by atoms with Crippen LogP contribution in [0.1, 0.15) is 5.56 Å². The maximum absolute atomic E-state index is 5.79. The van der Waals surface area contributed by atoms with Gasteiger partial charge in [0.25, 0.3) is 0 Å². The molecule has 1 atom stereocenters. The Kier molecular flexibility index (Phi) is 4.76. The number of nitrogens with zero attached hydrogens (tertiary/aromatic N) is 4. The molecule has 21 heavy (non-hydrogen) atoms. The normalized spacial score (nSPS) is 20.1. The maximum atomic E-state index is 5.79. The summed E-state index contributed by atoms with van der Waals surface area (Å²) < 4.78 is 7.62. The summed E-state index contributed by atoms with van der Waals surface area (Å²) in [5, 5.41) is 4.13. The van der Waals surface area contributed by atoms with Gasteiger partial charge in [-0.3, -0.25) is 9.58 Å². The van der Waals surface area contributed by atoms with Crippen LogP contribution in [-0.2, 0) is 11.3 Å². The molecule has 5 heteroatoms. The third-order valence-corrected chi connectivity index (χ3v) is 3.55. The van der Waals surface area contributed by atoms with E-state index in [1.165, 1.54) is 5.56 Å².